The van der Waals surface area contributed by atoms with E-state index in [1.165, 1.54) is 18.2 Å². The fraction of sp³-hybridized carbons (Fsp3) is 0.462. The van der Waals surface area contributed by atoms with Gasteiger partial charge in [-0.15, -0.1) is 0 Å². The molecule has 1 atom stereocenters. The van der Waals surface area contributed by atoms with Crippen molar-refractivity contribution < 1.29 is 19.2 Å². The normalized spacial score (nSPS) is 12.4. The van der Waals surface area contributed by atoms with Crippen LogP contribution in [0, 0.1) is 10.1 Å². The summed E-state index contributed by atoms with van der Waals surface area (Å²) in [6.07, 6.45) is -1.29. The zero-order valence-corrected chi connectivity index (χ0v) is 11.9. The maximum absolute atomic E-state index is 11.5. The first kappa shape index (κ1) is 15.7. The summed E-state index contributed by atoms with van der Waals surface area (Å²) >= 11 is 0. The van der Waals surface area contributed by atoms with Crippen molar-refractivity contribution in [1.82, 2.24) is 5.32 Å². The monoisotopic (exact) mass is 282 g/mol. The van der Waals surface area contributed by atoms with Crippen molar-refractivity contribution in [2.24, 2.45) is 0 Å². The smallest absolute Gasteiger partial charge is 0.410 e. The number of non-ortho nitro benzene ring substituents is 1. The first-order valence-corrected chi connectivity index (χ1v) is 6.08. The second-order valence-corrected chi connectivity index (χ2v) is 5.16. The number of carbonyl (C=O) groups is 1. The van der Waals surface area contributed by atoms with Gasteiger partial charge in [-0.2, -0.15) is 0 Å². The Labute approximate surface area is 117 Å². The Balaban J connectivity index is 2.58. The lowest BCUT2D eigenvalue weighted by Gasteiger charge is -2.22. The molecule has 0 saturated carbocycles. The Morgan fingerprint density at radius 1 is 1.40 bits per heavy atom. The number of hydrogen-bond donors (Lipinski definition) is 1. The molecule has 1 unspecified atom stereocenters. The van der Waals surface area contributed by atoms with Gasteiger partial charge in [-0.3, -0.25) is 15.4 Å². The lowest BCUT2D eigenvalue weighted by atomic mass is 10.2. The Bertz CT molecular complexity index is 496. The quantitative estimate of drug-likeness (QED) is 0.521. The SMILES string of the molecule is CC(NC(=O)OC(C)(C)C)Oc1cccc([N+](=O)[O-])c1. The molecule has 7 nitrogen and oxygen atoms in total. The van der Waals surface area contributed by atoms with Crippen molar-refractivity contribution in [2.45, 2.75) is 39.5 Å². The zero-order chi connectivity index (χ0) is 15.3. The highest BCUT2D eigenvalue weighted by atomic mass is 16.6. The highest BCUT2D eigenvalue weighted by Crippen LogP contribution is 2.19. The van der Waals surface area contributed by atoms with Gasteiger partial charge in [0.15, 0.2) is 6.23 Å². The summed E-state index contributed by atoms with van der Waals surface area (Å²) in [5, 5.41) is 13.1. The summed E-state index contributed by atoms with van der Waals surface area (Å²) in [6, 6.07) is 5.72. The summed E-state index contributed by atoms with van der Waals surface area (Å²) in [6.45, 7) is 6.85. The summed E-state index contributed by atoms with van der Waals surface area (Å²) in [4.78, 5) is 21.6. The molecule has 0 heterocycles. The third kappa shape index (κ3) is 5.55. The number of rotatable bonds is 4. The van der Waals surface area contributed by atoms with E-state index < -0.39 is 22.8 Å². The van der Waals surface area contributed by atoms with E-state index in [4.69, 9.17) is 9.47 Å². The number of hydrogen-bond acceptors (Lipinski definition) is 5. The second-order valence-electron chi connectivity index (χ2n) is 5.16. The minimum atomic E-state index is -0.674. The molecule has 0 aliphatic rings. The van der Waals surface area contributed by atoms with Crippen LogP contribution in [0.2, 0.25) is 0 Å². The van der Waals surface area contributed by atoms with Crippen LogP contribution in [0.25, 0.3) is 0 Å². The van der Waals surface area contributed by atoms with Gasteiger partial charge in [0, 0.05) is 6.07 Å². The molecule has 0 aliphatic heterocycles. The van der Waals surface area contributed by atoms with Crippen LogP contribution in [0.15, 0.2) is 24.3 Å². The van der Waals surface area contributed by atoms with Gasteiger partial charge in [-0.1, -0.05) is 6.07 Å². The van der Waals surface area contributed by atoms with Gasteiger partial charge in [0.2, 0.25) is 0 Å². The van der Waals surface area contributed by atoms with Crippen LogP contribution in [0.4, 0.5) is 10.5 Å². The number of nitrogens with zero attached hydrogens (tertiary/aromatic N) is 1. The first-order chi connectivity index (χ1) is 9.17. The summed E-state index contributed by atoms with van der Waals surface area (Å²) in [5.74, 6) is 0.294. The standard InChI is InChI=1S/C13H18N2O5/c1-9(14-12(16)20-13(2,3)4)19-11-7-5-6-10(8-11)15(17)18/h5-9H,1-4H3,(H,14,16). The molecule has 1 rings (SSSR count). The van der Waals surface area contributed by atoms with Crippen molar-refractivity contribution >= 4 is 11.8 Å². The minimum Gasteiger partial charge on any atom is -0.471 e. The molecule has 0 fully saturated rings. The van der Waals surface area contributed by atoms with Gasteiger partial charge in [-0.25, -0.2) is 4.79 Å². The Morgan fingerprint density at radius 2 is 2.05 bits per heavy atom. The largest absolute Gasteiger partial charge is 0.471 e. The minimum absolute atomic E-state index is 0.0769. The van der Waals surface area contributed by atoms with Crippen LogP contribution in [0.1, 0.15) is 27.7 Å². The van der Waals surface area contributed by atoms with Gasteiger partial charge in [0.05, 0.1) is 11.0 Å². The number of alkyl carbamates (subject to hydrolysis) is 1. The van der Waals surface area contributed by atoms with E-state index in [2.05, 4.69) is 5.32 Å². The predicted octanol–water partition coefficient (Wildman–Crippen LogP) is 2.84. The van der Waals surface area contributed by atoms with Crippen LogP contribution >= 0.6 is 0 Å². The Kier molecular flexibility index (Phi) is 4.90. The van der Waals surface area contributed by atoms with Crippen molar-refractivity contribution in [3.63, 3.8) is 0 Å². The maximum Gasteiger partial charge on any atom is 0.410 e. The molecule has 0 aliphatic carbocycles. The van der Waals surface area contributed by atoms with E-state index >= 15 is 0 Å². The molecule has 0 aromatic heterocycles. The molecule has 0 spiro atoms. The van der Waals surface area contributed by atoms with E-state index in [1.807, 2.05) is 0 Å². The third-order valence-electron chi connectivity index (χ3n) is 2.06. The van der Waals surface area contributed by atoms with Crippen molar-refractivity contribution in [2.75, 3.05) is 0 Å². The topological polar surface area (TPSA) is 90.7 Å². The average molecular weight is 282 g/mol. The van der Waals surface area contributed by atoms with Crippen molar-refractivity contribution in [3.8, 4) is 5.75 Å². The van der Waals surface area contributed by atoms with Crippen molar-refractivity contribution in [1.29, 1.82) is 0 Å². The number of amides is 1. The van der Waals surface area contributed by atoms with Crippen LogP contribution < -0.4 is 10.1 Å². The molecular formula is C13H18N2O5. The number of benzene rings is 1. The van der Waals surface area contributed by atoms with Gasteiger partial charge in [0.25, 0.3) is 5.69 Å². The lowest BCUT2D eigenvalue weighted by molar-refractivity contribution is -0.384. The maximum atomic E-state index is 11.5. The summed E-state index contributed by atoms with van der Waals surface area (Å²) in [7, 11) is 0. The number of nitro groups is 1. The first-order valence-electron chi connectivity index (χ1n) is 6.08. The fourth-order valence-electron chi connectivity index (χ4n) is 1.38. The Hall–Kier alpha value is -2.31. The predicted molar refractivity (Wildman–Crippen MR) is 72.6 cm³/mol. The number of carbonyl (C=O) groups excluding carboxylic acids is 1. The second kappa shape index (κ2) is 6.23. The summed E-state index contributed by atoms with van der Waals surface area (Å²) < 4.78 is 10.4. The molecule has 1 aromatic carbocycles. The van der Waals surface area contributed by atoms with E-state index in [0.29, 0.717) is 5.75 Å². The van der Waals surface area contributed by atoms with E-state index in [-0.39, 0.29) is 5.69 Å². The fourth-order valence-corrected chi connectivity index (χ4v) is 1.38. The van der Waals surface area contributed by atoms with Crippen LogP contribution in [-0.4, -0.2) is 22.8 Å². The van der Waals surface area contributed by atoms with Gasteiger partial charge < -0.3 is 9.47 Å². The molecule has 110 valence electrons. The molecule has 7 heteroatoms. The molecule has 1 N–H and O–H groups in total. The van der Waals surface area contributed by atoms with E-state index in [0.717, 1.165) is 0 Å². The summed E-state index contributed by atoms with van der Waals surface area (Å²) in [5.41, 5.74) is -0.679. The lowest BCUT2D eigenvalue weighted by Crippen LogP contribution is -2.40. The highest BCUT2D eigenvalue weighted by molar-refractivity contribution is 5.67. The van der Waals surface area contributed by atoms with Crippen molar-refractivity contribution in [3.05, 3.63) is 34.4 Å². The molecular weight excluding hydrogens is 264 g/mol. The molecule has 20 heavy (non-hydrogen) atoms. The number of nitro benzene ring substituents is 1. The highest BCUT2D eigenvalue weighted by Gasteiger charge is 2.18. The number of ether oxygens (including phenoxy) is 2. The molecule has 0 saturated heterocycles. The molecule has 1 aromatic rings. The molecule has 1 amide bonds. The average Bonchev–Trinajstić information content (AvgIpc) is 2.25. The van der Waals surface area contributed by atoms with E-state index in [1.54, 1.807) is 33.8 Å². The Morgan fingerprint density at radius 3 is 2.60 bits per heavy atom. The molecule has 0 radical (unpaired) electrons. The van der Waals surface area contributed by atoms with Crippen LogP contribution in [0.3, 0.4) is 0 Å². The van der Waals surface area contributed by atoms with Gasteiger partial charge in [0.1, 0.15) is 11.4 Å². The van der Waals surface area contributed by atoms with Gasteiger partial charge in [-0.05, 0) is 33.8 Å². The molecule has 0 bridgehead atoms. The number of nitrogens with one attached hydrogen (secondary N) is 1. The van der Waals surface area contributed by atoms with Crippen LogP contribution in [-0.2, 0) is 4.74 Å². The van der Waals surface area contributed by atoms with E-state index in [9.17, 15) is 14.9 Å². The van der Waals surface area contributed by atoms with Crippen LogP contribution in [0.5, 0.6) is 5.75 Å². The third-order valence-corrected chi connectivity index (χ3v) is 2.06. The zero-order valence-electron chi connectivity index (χ0n) is 11.9. The van der Waals surface area contributed by atoms with Gasteiger partial charge >= 0.3 is 6.09 Å².